The molecular weight excluding hydrogens is 342 g/mol. The summed E-state index contributed by atoms with van der Waals surface area (Å²) < 4.78 is 16.5. The van der Waals surface area contributed by atoms with Gasteiger partial charge >= 0.3 is 0 Å². The topological polar surface area (TPSA) is 98.9 Å². The number of ether oxygens (including phenoxy) is 3. The molecule has 1 atom stereocenters. The van der Waals surface area contributed by atoms with Crippen LogP contribution in [-0.2, 0) is 4.74 Å². The van der Waals surface area contributed by atoms with Crippen LogP contribution >= 0.6 is 11.3 Å². The highest BCUT2D eigenvalue weighted by molar-refractivity contribution is 7.16. The van der Waals surface area contributed by atoms with Crippen LogP contribution in [-0.4, -0.2) is 42.6 Å². The molecule has 0 spiro atoms. The Balaban J connectivity index is 1.52. The number of hydrogen-bond acceptors (Lipinski definition) is 8. The van der Waals surface area contributed by atoms with Gasteiger partial charge in [-0.25, -0.2) is 4.98 Å². The first-order valence-electron chi connectivity index (χ1n) is 8.39. The second kappa shape index (κ2) is 7.07. The molecule has 4 N–H and O–H groups in total. The van der Waals surface area contributed by atoms with E-state index in [0.717, 1.165) is 31.2 Å². The summed E-state index contributed by atoms with van der Waals surface area (Å²) in [7, 11) is 0. The van der Waals surface area contributed by atoms with Crippen LogP contribution in [0.3, 0.4) is 0 Å². The summed E-state index contributed by atoms with van der Waals surface area (Å²) >= 11 is 1.38. The zero-order valence-corrected chi connectivity index (χ0v) is 14.6. The molecule has 0 radical (unpaired) electrons. The highest BCUT2D eigenvalue weighted by Gasteiger charge is 2.23. The molecule has 3 heterocycles. The van der Waals surface area contributed by atoms with E-state index in [1.54, 1.807) is 6.07 Å². The standard InChI is InChI=1S/C17H21N3O4S/c18-16-15(25-17(20-16)19-11-3-5-22-6-4-11)14(21)10-1-2-12-13(9-10)24-8-7-23-12/h1-2,9,11,14,21H,3-8,18H2,(H,19,20). The van der Waals surface area contributed by atoms with E-state index in [9.17, 15) is 5.11 Å². The van der Waals surface area contributed by atoms with Crippen molar-refractivity contribution in [3.05, 3.63) is 28.6 Å². The van der Waals surface area contributed by atoms with E-state index < -0.39 is 6.10 Å². The first-order chi connectivity index (χ1) is 12.2. The normalized spacial score (nSPS) is 18.8. The molecule has 1 aromatic heterocycles. The molecule has 2 aromatic rings. The maximum atomic E-state index is 10.7. The molecule has 1 unspecified atom stereocenters. The quantitative estimate of drug-likeness (QED) is 0.765. The number of nitrogens with zero attached hydrogens (tertiary/aromatic N) is 1. The fourth-order valence-corrected chi connectivity index (χ4v) is 3.98. The second-order valence-corrected chi connectivity index (χ2v) is 7.14. The van der Waals surface area contributed by atoms with Crippen LogP contribution in [0.5, 0.6) is 11.5 Å². The maximum absolute atomic E-state index is 10.7. The smallest absolute Gasteiger partial charge is 0.185 e. The molecule has 7 nitrogen and oxygen atoms in total. The third-order valence-electron chi connectivity index (χ3n) is 4.36. The van der Waals surface area contributed by atoms with E-state index in [0.29, 0.717) is 47.0 Å². The Morgan fingerprint density at radius 3 is 2.72 bits per heavy atom. The van der Waals surface area contributed by atoms with Crippen molar-refractivity contribution < 1.29 is 19.3 Å². The molecule has 0 saturated carbocycles. The number of hydrogen-bond donors (Lipinski definition) is 3. The van der Waals surface area contributed by atoms with Crippen LogP contribution in [0.15, 0.2) is 18.2 Å². The van der Waals surface area contributed by atoms with Gasteiger partial charge in [0.05, 0.1) is 4.88 Å². The number of aliphatic hydroxyl groups is 1. The van der Waals surface area contributed by atoms with E-state index in [2.05, 4.69) is 10.3 Å². The van der Waals surface area contributed by atoms with Gasteiger partial charge in [0.15, 0.2) is 16.6 Å². The van der Waals surface area contributed by atoms with Gasteiger partial charge in [0.1, 0.15) is 25.1 Å². The molecule has 1 fully saturated rings. The Labute approximate surface area is 149 Å². The van der Waals surface area contributed by atoms with E-state index in [-0.39, 0.29) is 0 Å². The van der Waals surface area contributed by atoms with Crippen molar-refractivity contribution in [2.45, 2.75) is 25.0 Å². The Morgan fingerprint density at radius 1 is 1.16 bits per heavy atom. The van der Waals surface area contributed by atoms with Crippen LogP contribution in [0, 0.1) is 0 Å². The molecule has 0 bridgehead atoms. The summed E-state index contributed by atoms with van der Waals surface area (Å²) in [6, 6.07) is 5.76. The van der Waals surface area contributed by atoms with Crippen LogP contribution in [0.1, 0.15) is 29.4 Å². The third kappa shape index (κ3) is 3.51. The molecule has 2 aliphatic rings. The molecule has 1 saturated heterocycles. The Hall–Kier alpha value is -2.03. The van der Waals surface area contributed by atoms with Crippen LogP contribution in [0.4, 0.5) is 10.9 Å². The van der Waals surface area contributed by atoms with Gasteiger partial charge in [0, 0.05) is 19.3 Å². The summed E-state index contributed by atoms with van der Waals surface area (Å²) in [6.45, 7) is 2.56. The van der Waals surface area contributed by atoms with Gasteiger partial charge in [0.2, 0.25) is 0 Å². The average Bonchev–Trinajstić information content (AvgIpc) is 3.01. The molecule has 8 heteroatoms. The zero-order valence-electron chi connectivity index (χ0n) is 13.7. The molecule has 2 aliphatic heterocycles. The largest absolute Gasteiger partial charge is 0.486 e. The molecule has 0 aliphatic carbocycles. The zero-order chi connectivity index (χ0) is 17.2. The Bertz CT molecular complexity index is 745. The van der Waals surface area contributed by atoms with Gasteiger partial charge in [-0.2, -0.15) is 0 Å². The first-order valence-corrected chi connectivity index (χ1v) is 9.20. The maximum Gasteiger partial charge on any atom is 0.185 e. The van der Waals surface area contributed by atoms with Crippen molar-refractivity contribution in [3.8, 4) is 11.5 Å². The van der Waals surface area contributed by atoms with E-state index in [4.69, 9.17) is 19.9 Å². The summed E-state index contributed by atoms with van der Waals surface area (Å²) in [5, 5.41) is 14.9. The lowest BCUT2D eigenvalue weighted by Gasteiger charge is -2.22. The summed E-state index contributed by atoms with van der Waals surface area (Å²) in [4.78, 5) is 5.00. The lowest BCUT2D eigenvalue weighted by molar-refractivity contribution is 0.0904. The van der Waals surface area contributed by atoms with Gasteiger partial charge in [-0.15, -0.1) is 0 Å². The fraction of sp³-hybridized carbons (Fsp3) is 0.471. The van der Waals surface area contributed by atoms with Crippen molar-refractivity contribution in [2.75, 3.05) is 37.5 Å². The monoisotopic (exact) mass is 363 g/mol. The third-order valence-corrected chi connectivity index (χ3v) is 5.42. The number of aliphatic hydroxyl groups excluding tert-OH is 1. The molecular formula is C17H21N3O4S. The average molecular weight is 363 g/mol. The van der Waals surface area contributed by atoms with Gasteiger partial charge in [-0.05, 0) is 30.5 Å². The summed E-state index contributed by atoms with van der Waals surface area (Å²) in [6.07, 6.45) is 1.04. The van der Waals surface area contributed by atoms with Crippen LogP contribution < -0.4 is 20.5 Å². The van der Waals surface area contributed by atoms with Crippen molar-refractivity contribution >= 4 is 22.3 Å². The number of aromatic nitrogens is 1. The lowest BCUT2D eigenvalue weighted by atomic mass is 10.1. The lowest BCUT2D eigenvalue weighted by Crippen LogP contribution is -2.27. The van der Waals surface area contributed by atoms with Gasteiger partial charge in [-0.3, -0.25) is 0 Å². The van der Waals surface area contributed by atoms with Crippen molar-refractivity contribution in [2.24, 2.45) is 0 Å². The van der Waals surface area contributed by atoms with Gasteiger partial charge in [0.25, 0.3) is 0 Å². The fourth-order valence-electron chi connectivity index (χ4n) is 3.00. The molecule has 25 heavy (non-hydrogen) atoms. The summed E-state index contributed by atoms with van der Waals surface area (Å²) in [5.74, 6) is 1.69. The number of rotatable bonds is 4. The van der Waals surface area contributed by atoms with E-state index in [1.165, 1.54) is 11.3 Å². The van der Waals surface area contributed by atoms with E-state index in [1.807, 2.05) is 12.1 Å². The molecule has 134 valence electrons. The minimum absolute atomic E-state index is 0.332. The number of thiazole rings is 1. The number of fused-ring (bicyclic) bond motifs is 1. The number of nitrogen functional groups attached to an aromatic ring is 1. The molecule has 0 amide bonds. The number of nitrogens with one attached hydrogen (secondary N) is 1. The Kier molecular flexibility index (Phi) is 4.65. The van der Waals surface area contributed by atoms with Crippen molar-refractivity contribution in [1.29, 1.82) is 0 Å². The highest BCUT2D eigenvalue weighted by atomic mass is 32.1. The van der Waals surface area contributed by atoms with Gasteiger partial charge in [-0.1, -0.05) is 17.4 Å². The first kappa shape index (κ1) is 16.4. The van der Waals surface area contributed by atoms with Crippen molar-refractivity contribution in [1.82, 2.24) is 4.98 Å². The highest BCUT2D eigenvalue weighted by Crippen LogP contribution is 2.38. The number of benzene rings is 1. The van der Waals surface area contributed by atoms with Crippen LogP contribution in [0.25, 0.3) is 0 Å². The SMILES string of the molecule is Nc1nc(NC2CCOCC2)sc1C(O)c1ccc2c(c1)OCCO2. The number of anilines is 2. The predicted octanol–water partition coefficient (Wildman–Crippen LogP) is 2.17. The van der Waals surface area contributed by atoms with Gasteiger partial charge < -0.3 is 30.4 Å². The Morgan fingerprint density at radius 2 is 1.92 bits per heavy atom. The number of nitrogens with two attached hydrogens (primary N) is 1. The summed E-state index contributed by atoms with van der Waals surface area (Å²) in [5.41, 5.74) is 6.75. The second-order valence-electron chi connectivity index (χ2n) is 6.11. The molecule has 4 rings (SSSR count). The minimum Gasteiger partial charge on any atom is -0.486 e. The minimum atomic E-state index is -0.849. The molecule has 1 aromatic carbocycles. The van der Waals surface area contributed by atoms with Crippen molar-refractivity contribution in [3.63, 3.8) is 0 Å². The predicted molar refractivity (Wildman–Crippen MR) is 95.5 cm³/mol. The van der Waals surface area contributed by atoms with Crippen LogP contribution in [0.2, 0.25) is 0 Å². The van der Waals surface area contributed by atoms with E-state index >= 15 is 0 Å².